The van der Waals surface area contributed by atoms with Crippen molar-refractivity contribution in [2.45, 2.75) is 39.5 Å². The van der Waals surface area contributed by atoms with Crippen LogP contribution in [0.4, 0.5) is 0 Å². The second-order valence-electron chi connectivity index (χ2n) is 6.90. The molecule has 2 saturated heterocycles. The lowest BCUT2D eigenvalue weighted by atomic mass is 9.94. The van der Waals surface area contributed by atoms with E-state index in [-0.39, 0.29) is 11.8 Å². The third kappa shape index (κ3) is 3.41. The van der Waals surface area contributed by atoms with Crippen molar-refractivity contribution in [2.75, 3.05) is 26.2 Å². The van der Waals surface area contributed by atoms with Crippen molar-refractivity contribution in [1.82, 2.24) is 9.80 Å². The maximum Gasteiger partial charge on any atom is 0.253 e. The van der Waals surface area contributed by atoms with Gasteiger partial charge < -0.3 is 9.80 Å². The van der Waals surface area contributed by atoms with Gasteiger partial charge >= 0.3 is 0 Å². The van der Waals surface area contributed by atoms with Gasteiger partial charge in [0.05, 0.1) is 0 Å². The molecule has 2 aliphatic heterocycles. The molecular weight excluding hydrogens is 288 g/mol. The number of likely N-dealkylation sites (tertiary alicyclic amines) is 2. The number of nitrogens with zero attached hydrogens (tertiary/aromatic N) is 2. The highest BCUT2D eigenvalue weighted by Crippen LogP contribution is 2.23. The van der Waals surface area contributed by atoms with Gasteiger partial charge in [0.25, 0.3) is 5.91 Å². The minimum atomic E-state index is 0.0974. The van der Waals surface area contributed by atoms with Gasteiger partial charge in [-0.2, -0.15) is 0 Å². The van der Waals surface area contributed by atoms with Gasteiger partial charge in [0, 0.05) is 37.7 Å². The molecule has 2 fully saturated rings. The van der Waals surface area contributed by atoms with Gasteiger partial charge in [-0.05, 0) is 62.8 Å². The lowest BCUT2D eigenvalue weighted by Crippen LogP contribution is -2.43. The molecule has 3 rings (SSSR count). The molecule has 2 heterocycles. The first-order valence-corrected chi connectivity index (χ1v) is 8.71. The Bertz CT molecular complexity index is 597. The zero-order valence-electron chi connectivity index (χ0n) is 14.2. The number of hydrogen-bond donors (Lipinski definition) is 0. The summed E-state index contributed by atoms with van der Waals surface area (Å²) in [5.74, 6) is 0.512. The van der Waals surface area contributed by atoms with Crippen LogP contribution >= 0.6 is 0 Å². The van der Waals surface area contributed by atoms with Crippen molar-refractivity contribution in [3.8, 4) is 0 Å². The molecule has 4 nitrogen and oxygen atoms in total. The molecule has 0 atom stereocenters. The van der Waals surface area contributed by atoms with E-state index in [1.54, 1.807) is 0 Å². The topological polar surface area (TPSA) is 40.6 Å². The van der Waals surface area contributed by atoms with E-state index in [2.05, 4.69) is 6.92 Å². The van der Waals surface area contributed by atoms with Gasteiger partial charge in [-0.15, -0.1) is 0 Å². The highest BCUT2D eigenvalue weighted by atomic mass is 16.2. The van der Waals surface area contributed by atoms with Crippen LogP contribution in [0.15, 0.2) is 18.2 Å². The number of piperidine rings is 1. The van der Waals surface area contributed by atoms with Crippen LogP contribution in [0.25, 0.3) is 0 Å². The number of benzene rings is 1. The lowest BCUT2D eigenvalue weighted by molar-refractivity contribution is -0.135. The Morgan fingerprint density at radius 3 is 2.17 bits per heavy atom. The number of carbonyl (C=O) groups excluding carboxylic acids is 2. The summed E-state index contributed by atoms with van der Waals surface area (Å²) >= 11 is 0. The van der Waals surface area contributed by atoms with E-state index < -0.39 is 0 Å². The van der Waals surface area contributed by atoms with Crippen molar-refractivity contribution < 1.29 is 9.59 Å². The van der Waals surface area contributed by atoms with E-state index in [1.165, 1.54) is 5.56 Å². The molecule has 4 heteroatoms. The van der Waals surface area contributed by atoms with Gasteiger partial charge in [0.1, 0.15) is 0 Å². The zero-order valence-corrected chi connectivity index (χ0v) is 14.2. The molecule has 0 aliphatic carbocycles. The molecule has 23 heavy (non-hydrogen) atoms. The Hall–Kier alpha value is -1.84. The minimum Gasteiger partial charge on any atom is -0.342 e. The largest absolute Gasteiger partial charge is 0.342 e. The first kappa shape index (κ1) is 16.0. The van der Waals surface area contributed by atoms with Crippen molar-refractivity contribution >= 4 is 11.8 Å². The summed E-state index contributed by atoms with van der Waals surface area (Å²) in [7, 11) is 0. The van der Waals surface area contributed by atoms with E-state index in [9.17, 15) is 9.59 Å². The zero-order chi connectivity index (χ0) is 16.4. The standard InChI is InChI=1S/C19H26N2O2/c1-14-5-6-17(13-15(14)2)19(23)21-11-7-16(8-12-21)18(22)20-9-3-4-10-20/h5-6,13,16H,3-4,7-12H2,1-2H3. The maximum absolute atomic E-state index is 12.6. The average molecular weight is 314 g/mol. The molecule has 2 amide bonds. The van der Waals surface area contributed by atoms with Gasteiger partial charge in [-0.25, -0.2) is 0 Å². The Morgan fingerprint density at radius 2 is 1.57 bits per heavy atom. The number of rotatable bonds is 2. The van der Waals surface area contributed by atoms with Gasteiger partial charge in [-0.3, -0.25) is 9.59 Å². The summed E-state index contributed by atoms with van der Waals surface area (Å²) in [6, 6.07) is 5.89. The second-order valence-corrected chi connectivity index (χ2v) is 6.90. The van der Waals surface area contributed by atoms with Gasteiger partial charge in [0.2, 0.25) is 5.91 Å². The summed E-state index contributed by atoms with van der Waals surface area (Å²) in [6.07, 6.45) is 3.86. The normalized spacial score (nSPS) is 19.2. The third-order valence-electron chi connectivity index (χ3n) is 5.30. The van der Waals surface area contributed by atoms with Crippen LogP contribution in [-0.4, -0.2) is 47.8 Å². The van der Waals surface area contributed by atoms with Crippen molar-refractivity contribution in [1.29, 1.82) is 0 Å². The molecular formula is C19H26N2O2. The molecule has 0 radical (unpaired) electrons. The molecule has 0 spiro atoms. The van der Waals surface area contributed by atoms with Crippen LogP contribution in [-0.2, 0) is 4.79 Å². The van der Waals surface area contributed by atoms with Crippen molar-refractivity contribution in [3.63, 3.8) is 0 Å². The fraction of sp³-hybridized carbons (Fsp3) is 0.579. The quantitative estimate of drug-likeness (QED) is 0.842. The first-order valence-electron chi connectivity index (χ1n) is 8.71. The van der Waals surface area contributed by atoms with Gasteiger partial charge in [0.15, 0.2) is 0 Å². The molecule has 0 bridgehead atoms. The summed E-state index contributed by atoms with van der Waals surface area (Å²) < 4.78 is 0. The summed E-state index contributed by atoms with van der Waals surface area (Å²) in [5.41, 5.74) is 3.11. The number of amides is 2. The van der Waals surface area contributed by atoms with E-state index in [1.807, 2.05) is 34.9 Å². The Balaban J connectivity index is 1.58. The number of carbonyl (C=O) groups is 2. The Morgan fingerprint density at radius 1 is 0.913 bits per heavy atom. The van der Waals surface area contributed by atoms with E-state index >= 15 is 0 Å². The van der Waals surface area contributed by atoms with Crippen LogP contribution in [0.5, 0.6) is 0 Å². The minimum absolute atomic E-state index is 0.0974. The van der Waals surface area contributed by atoms with Crippen LogP contribution in [0, 0.1) is 19.8 Å². The maximum atomic E-state index is 12.6. The number of hydrogen-bond acceptors (Lipinski definition) is 2. The average Bonchev–Trinajstić information content (AvgIpc) is 3.11. The fourth-order valence-corrected chi connectivity index (χ4v) is 3.58. The Kier molecular flexibility index (Phi) is 4.69. The van der Waals surface area contributed by atoms with Crippen molar-refractivity contribution in [2.24, 2.45) is 5.92 Å². The highest BCUT2D eigenvalue weighted by Gasteiger charge is 2.31. The van der Waals surface area contributed by atoms with E-state index in [0.29, 0.717) is 19.0 Å². The molecule has 0 aromatic heterocycles. The van der Waals surface area contributed by atoms with Crippen LogP contribution < -0.4 is 0 Å². The van der Waals surface area contributed by atoms with Crippen LogP contribution in [0.1, 0.15) is 47.2 Å². The van der Waals surface area contributed by atoms with Gasteiger partial charge in [-0.1, -0.05) is 6.07 Å². The van der Waals surface area contributed by atoms with E-state index in [4.69, 9.17) is 0 Å². The summed E-state index contributed by atoms with van der Waals surface area (Å²) in [4.78, 5) is 29.0. The van der Waals surface area contributed by atoms with Crippen LogP contribution in [0.2, 0.25) is 0 Å². The Labute approximate surface area is 138 Å². The summed E-state index contributed by atoms with van der Waals surface area (Å²) in [6.45, 7) is 7.30. The predicted octanol–water partition coefficient (Wildman–Crippen LogP) is 2.78. The number of aryl methyl sites for hydroxylation is 2. The monoisotopic (exact) mass is 314 g/mol. The molecule has 1 aromatic carbocycles. The SMILES string of the molecule is Cc1ccc(C(=O)N2CCC(C(=O)N3CCCC3)CC2)cc1C. The molecule has 0 saturated carbocycles. The molecule has 124 valence electrons. The van der Waals surface area contributed by atoms with E-state index in [0.717, 1.165) is 49.9 Å². The van der Waals surface area contributed by atoms with Crippen molar-refractivity contribution in [3.05, 3.63) is 34.9 Å². The predicted molar refractivity (Wildman–Crippen MR) is 90.4 cm³/mol. The summed E-state index contributed by atoms with van der Waals surface area (Å²) in [5, 5.41) is 0. The molecule has 2 aliphatic rings. The molecule has 0 N–H and O–H groups in total. The highest BCUT2D eigenvalue weighted by molar-refractivity contribution is 5.94. The smallest absolute Gasteiger partial charge is 0.253 e. The van der Waals surface area contributed by atoms with Crippen LogP contribution in [0.3, 0.4) is 0 Å². The molecule has 0 unspecified atom stereocenters. The third-order valence-corrected chi connectivity index (χ3v) is 5.30. The second kappa shape index (κ2) is 6.73. The fourth-order valence-electron chi connectivity index (χ4n) is 3.58. The first-order chi connectivity index (χ1) is 11.1. The molecule has 1 aromatic rings. The lowest BCUT2D eigenvalue weighted by Gasteiger charge is -2.33.